The molecule has 398 valence electrons. The van der Waals surface area contributed by atoms with Crippen LogP contribution in [-0.4, -0.2) is 117 Å². The topological polar surface area (TPSA) is 224 Å². The number of carbonyl (C=O) groups is 5. The van der Waals surface area contributed by atoms with Crippen molar-refractivity contribution in [3.63, 3.8) is 0 Å². The zero-order valence-corrected chi connectivity index (χ0v) is 42.4. The Morgan fingerprint density at radius 3 is 1.81 bits per heavy atom. The van der Waals surface area contributed by atoms with Gasteiger partial charge in [0, 0.05) is 6.54 Å². The Bertz CT molecular complexity index is 2650. The number of benzene rings is 3. The molecule has 2 N–H and O–H groups in total. The Labute approximate surface area is 413 Å². The van der Waals surface area contributed by atoms with E-state index >= 15 is 0 Å². The Morgan fingerprint density at radius 2 is 1.32 bits per heavy atom. The van der Waals surface area contributed by atoms with Crippen LogP contribution >= 0.6 is 0 Å². The van der Waals surface area contributed by atoms with Crippen molar-refractivity contribution in [1.82, 2.24) is 24.1 Å². The van der Waals surface area contributed by atoms with Crippen molar-refractivity contribution >= 4 is 50.3 Å². The Morgan fingerprint density at radius 1 is 0.792 bits per heavy atom. The van der Waals surface area contributed by atoms with Crippen LogP contribution in [0.4, 0.5) is 45.5 Å². The minimum atomic E-state index is -5.12. The lowest BCUT2D eigenvalue weighted by molar-refractivity contribution is -0.143. The van der Waals surface area contributed by atoms with Crippen molar-refractivity contribution < 1.29 is 86.1 Å². The van der Waals surface area contributed by atoms with E-state index in [1.165, 1.54) is 27.7 Å². The largest absolute Gasteiger partial charge is 0.445 e. The summed E-state index contributed by atoms with van der Waals surface area (Å²) >= 11 is 0. The first-order chi connectivity index (χ1) is 32.9. The van der Waals surface area contributed by atoms with Gasteiger partial charge in [0.25, 0.3) is 5.91 Å². The average Bonchev–Trinajstić information content (AvgIpc) is 3.46. The van der Waals surface area contributed by atoms with Crippen molar-refractivity contribution in [3.8, 4) is 0 Å². The van der Waals surface area contributed by atoms with Crippen LogP contribution in [0.1, 0.15) is 95.2 Å². The molecule has 2 aliphatic rings. The molecule has 6 amide bonds. The molecule has 0 saturated carbocycles. The van der Waals surface area contributed by atoms with E-state index in [9.17, 15) is 67.2 Å². The number of piperidine rings is 1. The SMILES string of the molecule is CC(C)(C)OC(=O)NS(C)(=O)=O.C[C@@H](OC[C@@]1(c2ccccc2)CCC2(CN1C(=O)OCc1ccccc1)NC(=O)N(CCN(C(=O)OC(C)(C)C)S(C)(=O)=O)C2=O)c1cc(C(F)(F)F)cc(C(F)(F)F)c1. The Kier molecular flexibility index (Phi) is 17.8. The summed E-state index contributed by atoms with van der Waals surface area (Å²) in [5.41, 5.74) is -7.76. The minimum Gasteiger partial charge on any atom is -0.445 e. The van der Waals surface area contributed by atoms with Gasteiger partial charge >= 0.3 is 36.7 Å². The summed E-state index contributed by atoms with van der Waals surface area (Å²) in [5, 5.41) is 2.63. The first-order valence-corrected chi connectivity index (χ1v) is 25.6. The van der Waals surface area contributed by atoms with E-state index in [1.807, 2.05) is 0 Å². The average molecular weight is 1070 g/mol. The molecule has 26 heteroatoms. The van der Waals surface area contributed by atoms with E-state index in [0.29, 0.717) is 32.5 Å². The maximum atomic E-state index is 14.3. The molecule has 1 unspecified atom stereocenters. The van der Waals surface area contributed by atoms with E-state index < -0.39 is 134 Å². The van der Waals surface area contributed by atoms with E-state index in [-0.39, 0.29) is 25.5 Å². The number of halogens is 6. The fraction of sp³-hybridized carbons (Fsp3) is 0.500. The quantitative estimate of drug-likeness (QED) is 0.0995. The molecule has 2 saturated heterocycles. The summed E-state index contributed by atoms with van der Waals surface area (Å²) in [5.74, 6) is -0.870. The number of imide groups is 1. The molecule has 3 aromatic rings. The van der Waals surface area contributed by atoms with E-state index in [0.717, 1.165) is 17.4 Å². The molecule has 72 heavy (non-hydrogen) atoms. The zero-order chi connectivity index (χ0) is 54.5. The van der Waals surface area contributed by atoms with Gasteiger partial charge in [-0.1, -0.05) is 60.7 Å². The Balaban J connectivity index is 0.000000827. The van der Waals surface area contributed by atoms with Gasteiger partial charge in [-0.2, -0.15) is 26.3 Å². The molecular formula is C46H57F6N5O13S2. The number of alkyl halides is 6. The van der Waals surface area contributed by atoms with E-state index in [4.69, 9.17) is 14.2 Å². The summed E-state index contributed by atoms with van der Waals surface area (Å²) in [7, 11) is -7.77. The number of sulfonamides is 2. The number of hydrogen-bond acceptors (Lipinski definition) is 13. The summed E-state index contributed by atoms with van der Waals surface area (Å²) in [6, 6.07) is 16.8. The second-order valence-electron chi connectivity index (χ2n) is 19.0. The van der Waals surface area contributed by atoms with Gasteiger partial charge in [-0.25, -0.2) is 45.0 Å². The van der Waals surface area contributed by atoms with Crippen molar-refractivity contribution in [3.05, 3.63) is 107 Å². The van der Waals surface area contributed by atoms with Crippen molar-refractivity contribution in [2.45, 2.75) is 109 Å². The summed E-state index contributed by atoms with van der Waals surface area (Å²) in [4.78, 5) is 67.6. The van der Waals surface area contributed by atoms with Crippen LogP contribution in [0, 0.1) is 0 Å². The number of nitrogens with zero attached hydrogens (tertiary/aromatic N) is 3. The normalized spacial score (nSPS) is 19.2. The van der Waals surface area contributed by atoms with Crippen LogP contribution < -0.4 is 10.0 Å². The van der Waals surface area contributed by atoms with Gasteiger partial charge in [0.15, 0.2) is 0 Å². The number of amides is 6. The molecule has 18 nitrogen and oxygen atoms in total. The molecule has 2 fully saturated rings. The first kappa shape index (κ1) is 58.4. The van der Waals surface area contributed by atoms with Crippen molar-refractivity contribution in [2.24, 2.45) is 0 Å². The first-order valence-electron chi connectivity index (χ1n) is 21.9. The zero-order valence-electron chi connectivity index (χ0n) is 40.8. The highest BCUT2D eigenvalue weighted by Gasteiger charge is 2.60. The standard InChI is InChI=1S/C40H44F6N4O9S.C6H13NO4S/c1-26(28-20-30(39(41,42)43)22-31(21-28)40(44,45)46)58-25-38(29-14-10-7-11-15-29)17-16-37(24-49(38)34(53)57-23-27-12-8-6-9-13-27)32(51)48(33(52)47-37)18-19-50(60(5,55)56)35(54)59-36(2,3)4;1-6(2,3)11-5(8)7-12(4,9)10/h6-15,20-22,26H,16-19,23-25H2,1-5H3,(H,47,52);1-4H3,(H,7,8)/t26-,37?,38-;/m1./s1. The predicted octanol–water partition coefficient (Wildman–Crippen LogP) is 8.09. The smallest absolute Gasteiger partial charge is 0.424 e. The third-order valence-electron chi connectivity index (χ3n) is 10.7. The third kappa shape index (κ3) is 15.9. The number of carbonyl (C=O) groups excluding carboxylic acids is 5. The molecule has 2 aliphatic heterocycles. The predicted molar refractivity (Wildman–Crippen MR) is 246 cm³/mol. The number of urea groups is 1. The Hall–Kier alpha value is -6.15. The van der Waals surface area contributed by atoms with Crippen LogP contribution in [0.2, 0.25) is 0 Å². The lowest BCUT2D eigenvalue weighted by atomic mass is 9.74. The number of likely N-dealkylation sites (tertiary alicyclic amines) is 1. The highest BCUT2D eigenvalue weighted by molar-refractivity contribution is 7.89. The molecular weight excluding hydrogens is 1010 g/mol. The molecule has 3 aromatic carbocycles. The maximum Gasteiger partial charge on any atom is 0.424 e. The molecule has 0 bridgehead atoms. The van der Waals surface area contributed by atoms with Crippen molar-refractivity contribution in [2.75, 3.05) is 38.8 Å². The van der Waals surface area contributed by atoms with Crippen LogP contribution in [0.15, 0.2) is 78.9 Å². The fourth-order valence-corrected chi connectivity index (χ4v) is 8.51. The summed E-state index contributed by atoms with van der Waals surface area (Å²) in [6.45, 7) is 8.12. The maximum absolute atomic E-state index is 14.3. The van der Waals surface area contributed by atoms with Crippen molar-refractivity contribution in [1.29, 1.82) is 0 Å². The highest BCUT2D eigenvalue weighted by atomic mass is 32.2. The monoisotopic (exact) mass is 1070 g/mol. The molecule has 5 rings (SSSR count). The molecule has 3 atom stereocenters. The summed E-state index contributed by atoms with van der Waals surface area (Å²) < 4.78 is 153. The lowest BCUT2D eigenvalue weighted by Crippen LogP contribution is -2.67. The van der Waals surface area contributed by atoms with Gasteiger partial charge in [0.05, 0.1) is 55.0 Å². The van der Waals surface area contributed by atoms with Crippen LogP contribution in [0.3, 0.4) is 0 Å². The van der Waals surface area contributed by atoms with Gasteiger partial charge < -0.3 is 24.3 Å². The van der Waals surface area contributed by atoms with E-state index in [2.05, 4.69) is 10.1 Å². The van der Waals surface area contributed by atoms with Crippen LogP contribution in [0.5, 0.6) is 0 Å². The second kappa shape index (κ2) is 21.9. The van der Waals surface area contributed by atoms with Gasteiger partial charge in [-0.05, 0) is 96.2 Å². The number of ether oxygens (including phenoxy) is 4. The van der Waals surface area contributed by atoms with Gasteiger partial charge in [0.2, 0.25) is 20.0 Å². The fourth-order valence-electron chi connectivity index (χ4n) is 7.45. The molecule has 0 aliphatic carbocycles. The lowest BCUT2D eigenvalue weighted by Gasteiger charge is -2.51. The molecule has 0 aromatic heterocycles. The third-order valence-corrected chi connectivity index (χ3v) is 12.4. The van der Waals surface area contributed by atoms with Crippen LogP contribution in [0.25, 0.3) is 0 Å². The van der Waals surface area contributed by atoms with Crippen LogP contribution in [-0.2, 0) is 68.3 Å². The summed E-state index contributed by atoms with van der Waals surface area (Å²) in [6.07, 6.45) is -13.6. The minimum absolute atomic E-state index is 0.000819. The van der Waals surface area contributed by atoms with E-state index in [1.54, 1.807) is 86.2 Å². The number of rotatable bonds is 12. The molecule has 2 heterocycles. The molecule has 0 radical (unpaired) electrons. The van der Waals surface area contributed by atoms with Gasteiger partial charge in [0.1, 0.15) is 23.3 Å². The van der Waals surface area contributed by atoms with Gasteiger partial charge in [-0.3, -0.25) is 14.6 Å². The highest BCUT2D eigenvalue weighted by Crippen LogP contribution is 2.45. The number of hydrogen-bond donors (Lipinski definition) is 2. The second-order valence-corrected chi connectivity index (χ2v) is 22.6. The van der Waals surface area contributed by atoms with Gasteiger partial charge in [-0.15, -0.1) is 0 Å². The number of nitrogens with one attached hydrogen (secondary N) is 2. The molecule has 1 spiro atoms.